The second-order valence-corrected chi connectivity index (χ2v) is 5.95. The largest absolute Gasteiger partial charge is 0.369 e. The van der Waals surface area contributed by atoms with Crippen molar-refractivity contribution >= 4 is 29.2 Å². The number of halogens is 1. The molecule has 0 unspecified atom stereocenters. The molecule has 3 rings (SSSR count). The van der Waals surface area contributed by atoms with Crippen molar-refractivity contribution in [3.8, 4) is 5.69 Å². The average Bonchev–Trinajstić information content (AvgIpc) is 3.00. The molecule has 0 radical (unpaired) electrons. The first kappa shape index (κ1) is 12.9. The van der Waals surface area contributed by atoms with E-state index in [1.807, 2.05) is 40.7 Å². The van der Waals surface area contributed by atoms with Crippen LogP contribution in [0.4, 0.5) is 5.82 Å². The van der Waals surface area contributed by atoms with Crippen LogP contribution in [0.25, 0.3) is 5.69 Å². The number of rotatable bonds is 4. The minimum absolute atomic E-state index is 0.734. The Morgan fingerprint density at radius 3 is 3.05 bits per heavy atom. The third-order valence-corrected chi connectivity index (χ3v) is 4.29. The van der Waals surface area contributed by atoms with E-state index in [-0.39, 0.29) is 0 Å². The molecular formula is C14H16ClN3S. The van der Waals surface area contributed by atoms with E-state index >= 15 is 0 Å². The summed E-state index contributed by atoms with van der Waals surface area (Å²) in [7, 11) is 0. The van der Waals surface area contributed by atoms with E-state index in [1.165, 1.54) is 11.3 Å². The van der Waals surface area contributed by atoms with E-state index in [4.69, 9.17) is 16.7 Å². The number of anilines is 1. The zero-order chi connectivity index (χ0) is 13.2. The molecule has 5 heteroatoms. The van der Waals surface area contributed by atoms with Crippen molar-refractivity contribution < 1.29 is 0 Å². The molecule has 0 amide bonds. The quantitative estimate of drug-likeness (QED) is 0.937. The summed E-state index contributed by atoms with van der Waals surface area (Å²) < 4.78 is 1.96. The molecular weight excluding hydrogens is 278 g/mol. The SMILES string of the molecule is CSCCc1nn(-c2ccccc2Cl)c2c1CCN2. The normalized spacial score (nSPS) is 13.4. The van der Waals surface area contributed by atoms with Crippen LogP contribution < -0.4 is 5.32 Å². The van der Waals surface area contributed by atoms with E-state index in [0.717, 1.165) is 41.7 Å². The second-order valence-electron chi connectivity index (χ2n) is 4.56. The molecule has 2 heterocycles. The molecule has 0 saturated heterocycles. The summed E-state index contributed by atoms with van der Waals surface area (Å²) in [6, 6.07) is 7.85. The van der Waals surface area contributed by atoms with Crippen molar-refractivity contribution in [2.45, 2.75) is 12.8 Å². The predicted octanol–water partition coefficient (Wildman–Crippen LogP) is 3.40. The van der Waals surface area contributed by atoms with Crippen molar-refractivity contribution in [1.82, 2.24) is 9.78 Å². The topological polar surface area (TPSA) is 29.9 Å². The van der Waals surface area contributed by atoms with E-state index in [2.05, 4.69) is 11.6 Å². The van der Waals surface area contributed by atoms with Gasteiger partial charge in [0.25, 0.3) is 0 Å². The van der Waals surface area contributed by atoms with Crippen LogP contribution in [0.1, 0.15) is 11.3 Å². The molecule has 0 spiro atoms. The summed E-state index contributed by atoms with van der Waals surface area (Å²) in [5.74, 6) is 2.22. The number of hydrogen-bond donors (Lipinski definition) is 1. The second kappa shape index (κ2) is 5.47. The number of nitrogens with zero attached hydrogens (tertiary/aromatic N) is 2. The maximum Gasteiger partial charge on any atom is 0.133 e. The van der Waals surface area contributed by atoms with E-state index in [1.54, 1.807) is 0 Å². The third kappa shape index (κ3) is 2.35. The van der Waals surface area contributed by atoms with Crippen LogP contribution in [-0.2, 0) is 12.8 Å². The summed E-state index contributed by atoms with van der Waals surface area (Å²) in [5.41, 5.74) is 3.51. The fourth-order valence-corrected chi connectivity index (χ4v) is 3.06. The monoisotopic (exact) mass is 293 g/mol. The van der Waals surface area contributed by atoms with Gasteiger partial charge in [0.2, 0.25) is 0 Å². The van der Waals surface area contributed by atoms with Crippen molar-refractivity contribution in [3.63, 3.8) is 0 Å². The lowest BCUT2D eigenvalue weighted by Gasteiger charge is -2.07. The van der Waals surface area contributed by atoms with Gasteiger partial charge in [0.05, 0.1) is 16.4 Å². The first-order chi connectivity index (χ1) is 9.31. The molecule has 100 valence electrons. The number of para-hydroxylation sites is 1. The van der Waals surface area contributed by atoms with Crippen LogP contribution >= 0.6 is 23.4 Å². The summed E-state index contributed by atoms with van der Waals surface area (Å²) in [6.45, 7) is 0.990. The number of hydrogen-bond acceptors (Lipinski definition) is 3. The molecule has 19 heavy (non-hydrogen) atoms. The lowest BCUT2D eigenvalue weighted by Crippen LogP contribution is -2.05. The lowest BCUT2D eigenvalue weighted by atomic mass is 10.2. The molecule has 1 aliphatic rings. The van der Waals surface area contributed by atoms with Crippen molar-refractivity contribution in [2.75, 3.05) is 23.9 Å². The lowest BCUT2D eigenvalue weighted by molar-refractivity contribution is 0.834. The van der Waals surface area contributed by atoms with Crippen molar-refractivity contribution in [3.05, 3.63) is 40.5 Å². The van der Waals surface area contributed by atoms with Crippen LogP contribution in [0.3, 0.4) is 0 Å². The van der Waals surface area contributed by atoms with Crippen LogP contribution in [0.2, 0.25) is 5.02 Å². The Morgan fingerprint density at radius 1 is 1.42 bits per heavy atom. The number of fused-ring (bicyclic) bond motifs is 1. The number of thioether (sulfide) groups is 1. The van der Waals surface area contributed by atoms with Gasteiger partial charge in [0, 0.05) is 18.5 Å². The van der Waals surface area contributed by atoms with Crippen LogP contribution in [0.15, 0.2) is 24.3 Å². The van der Waals surface area contributed by atoms with E-state index in [0.29, 0.717) is 0 Å². The van der Waals surface area contributed by atoms with Gasteiger partial charge in [-0.15, -0.1) is 0 Å². The summed E-state index contributed by atoms with van der Waals surface area (Å²) in [6.07, 6.45) is 4.20. The molecule has 1 aromatic carbocycles. The van der Waals surface area contributed by atoms with Gasteiger partial charge in [-0.3, -0.25) is 0 Å². The van der Waals surface area contributed by atoms with Crippen LogP contribution in [0, 0.1) is 0 Å². The van der Waals surface area contributed by atoms with E-state index < -0.39 is 0 Å². The molecule has 2 aromatic rings. The van der Waals surface area contributed by atoms with Crippen LogP contribution in [0.5, 0.6) is 0 Å². The highest BCUT2D eigenvalue weighted by Gasteiger charge is 2.23. The Morgan fingerprint density at radius 2 is 2.26 bits per heavy atom. The van der Waals surface area contributed by atoms with Gasteiger partial charge in [-0.2, -0.15) is 16.9 Å². The number of benzene rings is 1. The maximum atomic E-state index is 6.28. The van der Waals surface area contributed by atoms with Gasteiger partial charge in [-0.25, -0.2) is 4.68 Å². The highest BCUT2D eigenvalue weighted by atomic mass is 35.5. The van der Waals surface area contributed by atoms with Crippen molar-refractivity contribution in [1.29, 1.82) is 0 Å². The van der Waals surface area contributed by atoms with Gasteiger partial charge in [0.1, 0.15) is 5.82 Å². The Kier molecular flexibility index (Phi) is 3.71. The third-order valence-electron chi connectivity index (χ3n) is 3.36. The Hall–Kier alpha value is -1.13. The summed E-state index contributed by atoms with van der Waals surface area (Å²) in [5, 5.41) is 8.92. The minimum Gasteiger partial charge on any atom is -0.369 e. The van der Waals surface area contributed by atoms with Crippen molar-refractivity contribution in [2.24, 2.45) is 0 Å². The zero-order valence-electron chi connectivity index (χ0n) is 10.8. The molecule has 1 N–H and O–H groups in total. The molecule has 0 saturated carbocycles. The fourth-order valence-electron chi connectivity index (χ4n) is 2.44. The Labute approximate surface area is 122 Å². The maximum absolute atomic E-state index is 6.28. The zero-order valence-corrected chi connectivity index (χ0v) is 12.4. The average molecular weight is 294 g/mol. The predicted molar refractivity (Wildman–Crippen MR) is 82.9 cm³/mol. The first-order valence-corrected chi connectivity index (χ1v) is 8.17. The smallest absolute Gasteiger partial charge is 0.133 e. The number of aryl methyl sites for hydroxylation is 1. The number of nitrogens with one attached hydrogen (secondary N) is 1. The van der Waals surface area contributed by atoms with Gasteiger partial charge in [-0.1, -0.05) is 23.7 Å². The number of aromatic nitrogens is 2. The van der Waals surface area contributed by atoms with Gasteiger partial charge < -0.3 is 5.32 Å². The molecule has 0 aliphatic carbocycles. The molecule has 0 bridgehead atoms. The standard InChI is InChI=1S/C14H16ClN3S/c1-19-9-7-12-10-6-8-16-14(10)18(17-12)13-5-3-2-4-11(13)15/h2-5,16H,6-9H2,1H3. The summed E-state index contributed by atoms with van der Waals surface area (Å²) in [4.78, 5) is 0. The highest BCUT2D eigenvalue weighted by Crippen LogP contribution is 2.31. The Bertz CT molecular complexity index is 594. The van der Waals surface area contributed by atoms with Gasteiger partial charge in [0.15, 0.2) is 0 Å². The van der Waals surface area contributed by atoms with Crippen LogP contribution in [-0.4, -0.2) is 28.3 Å². The summed E-state index contributed by atoms with van der Waals surface area (Å²) >= 11 is 8.14. The highest BCUT2D eigenvalue weighted by molar-refractivity contribution is 7.98. The molecule has 3 nitrogen and oxygen atoms in total. The molecule has 1 aliphatic heterocycles. The van der Waals surface area contributed by atoms with Gasteiger partial charge >= 0.3 is 0 Å². The first-order valence-electron chi connectivity index (χ1n) is 6.39. The molecule has 1 aromatic heterocycles. The van der Waals surface area contributed by atoms with Gasteiger partial charge in [-0.05, 0) is 30.6 Å². The fraction of sp³-hybridized carbons (Fsp3) is 0.357. The van der Waals surface area contributed by atoms with E-state index in [9.17, 15) is 0 Å². The minimum atomic E-state index is 0.734. The molecule has 0 atom stereocenters. The Balaban J connectivity index is 2.05. The molecule has 0 fully saturated rings.